The fourth-order valence-corrected chi connectivity index (χ4v) is 6.70. The van der Waals surface area contributed by atoms with Gasteiger partial charge >= 0.3 is 0 Å². The second kappa shape index (κ2) is 11.0. The molecule has 7 rings (SSSR count). The van der Waals surface area contributed by atoms with E-state index in [1.54, 1.807) is 24.1 Å². The van der Waals surface area contributed by atoms with Crippen LogP contribution in [-0.4, -0.2) is 70.7 Å². The molecule has 0 saturated carbocycles. The van der Waals surface area contributed by atoms with Crippen molar-refractivity contribution >= 4 is 34.7 Å². The van der Waals surface area contributed by atoms with Gasteiger partial charge in [0, 0.05) is 72.4 Å². The number of carbonyl (C=O) groups is 2. The largest absolute Gasteiger partial charge is 0.496 e. The first-order valence-corrected chi connectivity index (χ1v) is 14.6. The van der Waals surface area contributed by atoms with E-state index in [4.69, 9.17) is 26.1 Å². The zero-order valence-corrected chi connectivity index (χ0v) is 25.0. The van der Waals surface area contributed by atoms with Crippen LogP contribution in [0.4, 0.5) is 0 Å². The number of likely N-dealkylation sites (tertiary alicyclic amines) is 1. The summed E-state index contributed by atoms with van der Waals surface area (Å²) in [6, 6.07) is 17.5. The lowest BCUT2D eigenvalue weighted by molar-refractivity contribution is -0.120. The molecule has 0 atom stereocenters. The normalized spacial score (nSPS) is 15.8. The Morgan fingerprint density at radius 1 is 1.02 bits per heavy atom. The molecule has 0 bridgehead atoms. The van der Waals surface area contributed by atoms with Crippen molar-refractivity contribution in [1.29, 1.82) is 0 Å². The van der Waals surface area contributed by atoms with Gasteiger partial charge < -0.3 is 14.8 Å². The lowest BCUT2D eigenvalue weighted by Crippen LogP contribution is -2.56. The van der Waals surface area contributed by atoms with Crippen LogP contribution in [0.5, 0.6) is 11.6 Å². The van der Waals surface area contributed by atoms with E-state index in [1.165, 1.54) is 13.3 Å². The van der Waals surface area contributed by atoms with Crippen LogP contribution in [0.25, 0.3) is 39.1 Å². The monoisotopic (exact) mass is 608 g/mol. The highest BCUT2D eigenvalue weighted by Crippen LogP contribution is 2.41. The molecule has 5 heterocycles. The minimum absolute atomic E-state index is 0.0649. The fourth-order valence-electron chi connectivity index (χ4n) is 6.37. The third kappa shape index (κ3) is 4.76. The molecule has 1 N–H and O–H groups in total. The van der Waals surface area contributed by atoms with Gasteiger partial charge in [-0.1, -0.05) is 48.0 Å². The molecule has 0 unspecified atom stereocenters. The van der Waals surface area contributed by atoms with Crippen LogP contribution in [0.3, 0.4) is 0 Å². The second-order valence-corrected chi connectivity index (χ2v) is 11.7. The summed E-state index contributed by atoms with van der Waals surface area (Å²) in [5.74, 6) is 1.64. The van der Waals surface area contributed by atoms with E-state index >= 15 is 0 Å². The maximum absolute atomic E-state index is 11.7. The fraction of sp³-hybridized carbons (Fsp3) is 0.242. The summed E-state index contributed by atoms with van der Waals surface area (Å²) in [6.07, 6.45) is 4.56. The van der Waals surface area contributed by atoms with Gasteiger partial charge in [0.1, 0.15) is 5.75 Å². The third-order valence-electron chi connectivity index (χ3n) is 8.46. The maximum atomic E-state index is 11.7. The number of halogens is 1. The van der Waals surface area contributed by atoms with E-state index in [0.29, 0.717) is 53.0 Å². The van der Waals surface area contributed by atoms with Crippen molar-refractivity contribution in [2.24, 2.45) is 5.41 Å². The highest BCUT2D eigenvalue weighted by atomic mass is 35.5. The number of aromatic nitrogens is 4. The molecule has 44 heavy (non-hydrogen) atoms. The standard InChI is InChI=1S/C33H29ClN6O4/c1-43-28-11-29(35-13-21(28)16-41)40-27-8-4-5-22(25(27)14-37-40)23-6-3-7-24(31(23)34)26-10-9-20(32(38-26)44-2)15-39-18-33(19-39)12-30(42)36-17-33/h3-11,13-14,16H,12,15,17-19H2,1-2H3,(H,36,42). The van der Waals surface area contributed by atoms with Gasteiger partial charge in [0.2, 0.25) is 11.8 Å². The number of amides is 1. The summed E-state index contributed by atoms with van der Waals surface area (Å²) in [6.45, 7) is 3.20. The molecule has 11 heteroatoms. The first kappa shape index (κ1) is 28.0. The first-order chi connectivity index (χ1) is 21.4. The number of hydrogen-bond donors (Lipinski definition) is 1. The number of carbonyl (C=O) groups excluding carboxylic acids is 2. The third-order valence-corrected chi connectivity index (χ3v) is 8.87. The van der Waals surface area contributed by atoms with E-state index < -0.39 is 0 Å². The molecule has 222 valence electrons. The molecule has 2 saturated heterocycles. The SMILES string of the molecule is COc1cc(-n2ncc3c(-c4cccc(-c5ccc(CN6CC7(CNC(=O)C7)C6)c(OC)n5)c4Cl)cccc32)ncc1C=O. The molecule has 2 aromatic carbocycles. The van der Waals surface area contributed by atoms with Gasteiger partial charge in [0.25, 0.3) is 0 Å². The summed E-state index contributed by atoms with van der Waals surface area (Å²) in [4.78, 5) is 34.6. The van der Waals surface area contributed by atoms with Crippen LogP contribution in [0, 0.1) is 5.41 Å². The number of nitrogens with one attached hydrogen (secondary N) is 1. The van der Waals surface area contributed by atoms with Crippen molar-refractivity contribution in [2.75, 3.05) is 33.9 Å². The molecule has 0 aliphatic carbocycles. The smallest absolute Gasteiger partial charge is 0.220 e. The lowest BCUT2D eigenvalue weighted by Gasteiger charge is -2.47. The molecule has 1 amide bonds. The van der Waals surface area contributed by atoms with E-state index in [-0.39, 0.29) is 11.3 Å². The summed E-state index contributed by atoms with van der Waals surface area (Å²) in [5.41, 5.74) is 5.48. The molecule has 2 fully saturated rings. The van der Waals surface area contributed by atoms with Crippen molar-refractivity contribution in [3.8, 4) is 39.8 Å². The Morgan fingerprint density at radius 2 is 1.82 bits per heavy atom. The quantitative estimate of drug-likeness (QED) is 0.246. The van der Waals surface area contributed by atoms with E-state index in [9.17, 15) is 9.59 Å². The van der Waals surface area contributed by atoms with E-state index in [1.807, 2.05) is 48.5 Å². The number of pyridine rings is 2. The Labute approximate surface area is 258 Å². The zero-order chi connectivity index (χ0) is 30.4. The number of nitrogens with zero attached hydrogens (tertiary/aromatic N) is 5. The van der Waals surface area contributed by atoms with Gasteiger partial charge in [-0.2, -0.15) is 5.10 Å². The number of hydrogen-bond acceptors (Lipinski definition) is 8. The highest BCUT2D eigenvalue weighted by molar-refractivity contribution is 6.36. The Kier molecular flexibility index (Phi) is 7.02. The van der Waals surface area contributed by atoms with Gasteiger partial charge in [-0.05, 0) is 17.7 Å². The minimum atomic E-state index is 0.0649. The van der Waals surface area contributed by atoms with E-state index in [0.717, 1.165) is 52.8 Å². The number of ether oxygens (including phenoxy) is 2. The lowest BCUT2D eigenvalue weighted by atomic mass is 9.79. The Bertz CT molecular complexity index is 1930. The molecule has 3 aromatic heterocycles. The van der Waals surface area contributed by atoms with Crippen LogP contribution < -0.4 is 14.8 Å². The number of aldehydes is 1. The Morgan fingerprint density at radius 3 is 2.57 bits per heavy atom. The number of benzene rings is 2. The van der Waals surface area contributed by atoms with Crippen LogP contribution >= 0.6 is 11.6 Å². The minimum Gasteiger partial charge on any atom is -0.496 e. The molecule has 1 spiro atoms. The van der Waals surface area contributed by atoms with Crippen molar-refractivity contribution in [3.63, 3.8) is 0 Å². The predicted molar refractivity (Wildman–Crippen MR) is 166 cm³/mol. The zero-order valence-electron chi connectivity index (χ0n) is 24.2. The van der Waals surface area contributed by atoms with Crippen molar-refractivity contribution in [2.45, 2.75) is 13.0 Å². The predicted octanol–water partition coefficient (Wildman–Crippen LogP) is 4.95. The molecule has 2 aliphatic rings. The van der Waals surface area contributed by atoms with Crippen LogP contribution in [-0.2, 0) is 11.3 Å². The van der Waals surface area contributed by atoms with Crippen LogP contribution in [0.2, 0.25) is 5.02 Å². The Hall–Kier alpha value is -4.80. The van der Waals surface area contributed by atoms with Gasteiger partial charge in [-0.15, -0.1) is 0 Å². The summed E-state index contributed by atoms with van der Waals surface area (Å²) in [5, 5.41) is 9.01. The summed E-state index contributed by atoms with van der Waals surface area (Å²) in [7, 11) is 3.14. The molecule has 2 aliphatic heterocycles. The van der Waals surface area contributed by atoms with Crippen LogP contribution in [0.15, 0.2) is 67.0 Å². The first-order valence-electron chi connectivity index (χ1n) is 14.2. The topological polar surface area (TPSA) is 111 Å². The molecule has 0 radical (unpaired) electrons. The van der Waals surface area contributed by atoms with Gasteiger partial charge in [0.05, 0.1) is 42.2 Å². The van der Waals surface area contributed by atoms with Crippen molar-refractivity contribution < 1.29 is 19.1 Å². The van der Waals surface area contributed by atoms with E-state index in [2.05, 4.69) is 20.3 Å². The summed E-state index contributed by atoms with van der Waals surface area (Å²) < 4.78 is 12.8. The van der Waals surface area contributed by atoms with Crippen LogP contribution in [0.1, 0.15) is 22.3 Å². The van der Waals surface area contributed by atoms with Gasteiger partial charge in [-0.3, -0.25) is 14.5 Å². The average Bonchev–Trinajstić information content (AvgIpc) is 3.65. The maximum Gasteiger partial charge on any atom is 0.220 e. The van der Waals surface area contributed by atoms with Crippen molar-refractivity contribution in [3.05, 3.63) is 83.1 Å². The molecular formula is C33H29ClN6O4. The molecular weight excluding hydrogens is 580 g/mol. The van der Waals surface area contributed by atoms with Gasteiger partial charge in [0.15, 0.2) is 12.1 Å². The average molecular weight is 609 g/mol. The van der Waals surface area contributed by atoms with Crippen molar-refractivity contribution in [1.82, 2.24) is 30.0 Å². The second-order valence-electron chi connectivity index (χ2n) is 11.3. The highest BCUT2D eigenvalue weighted by Gasteiger charge is 2.47. The number of rotatable bonds is 8. The molecule has 10 nitrogen and oxygen atoms in total. The summed E-state index contributed by atoms with van der Waals surface area (Å²) >= 11 is 7.10. The van der Waals surface area contributed by atoms with Gasteiger partial charge in [-0.25, -0.2) is 14.6 Å². The number of methoxy groups -OCH3 is 2. The number of fused-ring (bicyclic) bond motifs is 1. The molecule has 5 aromatic rings. The Balaban J connectivity index is 1.19.